The maximum absolute atomic E-state index is 4.36. The second kappa shape index (κ2) is 8.28. The van der Waals surface area contributed by atoms with Crippen LogP contribution < -0.4 is 5.32 Å². The van der Waals surface area contributed by atoms with E-state index in [-0.39, 0.29) is 0 Å². The Balaban J connectivity index is 1.55. The van der Waals surface area contributed by atoms with Gasteiger partial charge in [-0.1, -0.05) is 25.3 Å². The number of nitrogens with zero attached hydrogens (tertiary/aromatic N) is 2. The molecule has 0 amide bonds. The van der Waals surface area contributed by atoms with Crippen molar-refractivity contribution in [3.05, 3.63) is 30.1 Å². The third-order valence-corrected chi connectivity index (χ3v) is 4.01. The first-order chi connectivity index (χ1) is 9.34. The molecule has 0 bridgehead atoms. The Kier molecular flexibility index (Phi) is 6.31. The molecule has 1 aliphatic carbocycles. The Morgan fingerprint density at radius 2 is 2.05 bits per heavy atom. The third kappa shape index (κ3) is 5.70. The molecule has 106 valence electrons. The van der Waals surface area contributed by atoms with Crippen LogP contribution in [0.4, 0.5) is 0 Å². The maximum atomic E-state index is 4.36. The van der Waals surface area contributed by atoms with Crippen LogP contribution in [0.2, 0.25) is 0 Å². The highest BCUT2D eigenvalue weighted by molar-refractivity contribution is 5.03. The minimum Gasteiger partial charge on any atom is -0.313 e. The van der Waals surface area contributed by atoms with Crippen molar-refractivity contribution in [2.24, 2.45) is 0 Å². The first-order valence-electron chi connectivity index (χ1n) is 7.66. The summed E-state index contributed by atoms with van der Waals surface area (Å²) < 4.78 is 0. The summed E-state index contributed by atoms with van der Waals surface area (Å²) in [5.74, 6) is 0. The van der Waals surface area contributed by atoms with Crippen molar-refractivity contribution in [1.29, 1.82) is 0 Å². The number of hydrogen-bond donors (Lipinski definition) is 1. The molecular formula is C16H27N3. The minimum absolute atomic E-state index is 0.776. The molecule has 1 aromatic heterocycles. The Hall–Kier alpha value is -0.930. The molecule has 1 aromatic rings. The normalized spacial score (nSPS) is 16.9. The van der Waals surface area contributed by atoms with Crippen molar-refractivity contribution in [3.63, 3.8) is 0 Å². The second-order valence-electron chi connectivity index (χ2n) is 5.66. The summed E-state index contributed by atoms with van der Waals surface area (Å²) in [6.45, 7) is 3.33. The quantitative estimate of drug-likeness (QED) is 0.817. The predicted octanol–water partition coefficient (Wildman–Crippen LogP) is 2.48. The lowest BCUT2D eigenvalue weighted by Crippen LogP contribution is -2.37. The standard InChI is InChI=1S/C16H27N3/c1-19(13-10-16-9-5-6-11-17-16)14-12-18-15-7-3-2-4-8-15/h5-6,9,11,15,18H,2-4,7-8,10,12-14H2,1H3. The summed E-state index contributed by atoms with van der Waals surface area (Å²) in [7, 11) is 2.20. The van der Waals surface area contributed by atoms with Crippen molar-refractivity contribution < 1.29 is 0 Å². The number of nitrogens with one attached hydrogen (secondary N) is 1. The Labute approximate surface area is 117 Å². The molecule has 0 aromatic carbocycles. The first kappa shape index (κ1) is 14.5. The molecule has 0 radical (unpaired) electrons. The molecule has 0 spiro atoms. The highest BCUT2D eigenvalue weighted by Crippen LogP contribution is 2.16. The van der Waals surface area contributed by atoms with E-state index in [1.807, 2.05) is 12.3 Å². The van der Waals surface area contributed by atoms with Gasteiger partial charge in [-0.15, -0.1) is 0 Å². The molecule has 0 atom stereocenters. The van der Waals surface area contributed by atoms with Crippen LogP contribution in [-0.2, 0) is 6.42 Å². The van der Waals surface area contributed by atoms with E-state index in [2.05, 4.69) is 34.4 Å². The average molecular weight is 261 g/mol. The van der Waals surface area contributed by atoms with Crippen molar-refractivity contribution in [2.45, 2.75) is 44.6 Å². The van der Waals surface area contributed by atoms with Crippen LogP contribution >= 0.6 is 0 Å². The highest BCUT2D eigenvalue weighted by atomic mass is 15.1. The zero-order chi connectivity index (χ0) is 13.3. The van der Waals surface area contributed by atoms with Gasteiger partial charge in [-0.2, -0.15) is 0 Å². The average Bonchev–Trinajstić information content (AvgIpc) is 2.47. The van der Waals surface area contributed by atoms with Crippen molar-refractivity contribution in [3.8, 4) is 0 Å². The van der Waals surface area contributed by atoms with Crippen LogP contribution in [0, 0.1) is 0 Å². The Bertz CT molecular complexity index is 333. The van der Waals surface area contributed by atoms with Crippen molar-refractivity contribution in [1.82, 2.24) is 15.2 Å². The predicted molar refractivity (Wildman–Crippen MR) is 80.3 cm³/mol. The van der Waals surface area contributed by atoms with Crippen LogP contribution in [-0.4, -0.2) is 42.6 Å². The van der Waals surface area contributed by atoms with Gasteiger partial charge in [0.25, 0.3) is 0 Å². The van der Waals surface area contributed by atoms with Gasteiger partial charge in [0, 0.05) is 44.0 Å². The number of hydrogen-bond acceptors (Lipinski definition) is 3. The van der Waals surface area contributed by atoms with Crippen LogP contribution in [0.1, 0.15) is 37.8 Å². The molecule has 3 heteroatoms. The zero-order valence-corrected chi connectivity index (χ0v) is 12.1. The molecule has 0 saturated heterocycles. The summed E-state index contributed by atoms with van der Waals surface area (Å²) in [5.41, 5.74) is 1.19. The van der Waals surface area contributed by atoms with Crippen LogP contribution in [0.15, 0.2) is 24.4 Å². The topological polar surface area (TPSA) is 28.2 Å². The zero-order valence-electron chi connectivity index (χ0n) is 12.1. The number of rotatable bonds is 7. The molecule has 3 nitrogen and oxygen atoms in total. The molecule has 0 unspecified atom stereocenters. The summed E-state index contributed by atoms with van der Waals surface area (Å²) in [4.78, 5) is 6.76. The van der Waals surface area contributed by atoms with Crippen molar-refractivity contribution >= 4 is 0 Å². The van der Waals surface area contributed by atoms with Gasteiger partial charge < -0.3 is 10.2 Å². The molecule has 1 aliphatic rings. The summed E-state index contributed by atoms with van der Waals surface area (Å²) in [6.07, 6.45) is 9.92. The molecule has 19 heavy (non-hydrogen) atoms. The Morgan fingerprint density at radius 3 is 2.79 bits per heavy atom. The highest BCUT2D eigenvalue weighted by Gasteiger charge is 2.12. The summed E-state index contributed by atoms with van der Waals surface area (Å²) in [5, 5.41) is 3.69. The summed E-state index contributed by atoms with van der Waals surface area (Å²) >= 11 is 0. The van der Waals surface area contributed by atoms with Gasteiger partial charge in [0.15, 0.2) is 0 Å². The van der Waals surface area contributed by atoms with E-state index in [0.717, 1.165) is 32.1 Å². The van der Waals surface area contributed by atoms with Gasteiger partial charge in [0.05, 0.1) is 0 Å². The van der Waals surface area contributed by atoms with E-state index >= 15 is 0 Å². The molecule has 0 aliphatic heterocycles. The molecule has 1 N–H and O–H groups in total. The minimum atomic E-state index is 0.776. The molecule has 2 rings (SSSR count). The fourth-order valence-corrected chi connectivity index (χ4v) is 2.73. The fourth-order valence-electron chi connectivity index (χ4n) is 2.73. The second-order valence-corrected chi connectivity index (χ2v) is 5.66. The Morgan fingerprint density at radius 1 is 1.21 bits per heavy atom. The van der Waals surface area contributed by atoms with Crippen LogP contribution in [0.5, 0.6) is 0 Å². The van der Waals surface area contributed by atoms with Gasteiger partial charge in [-0.3, -0.25) is 4.98 Å². The molecule has 1 fully saturated rings. The number of likely N-dealkylation sites (N-methyl/N-ethyl adjacent to an activating group) is 1. The smallest absolute Gasteiger partial charge is 0.0416 e. The lowest BCUT2D eigenvalue weighted by atomic mass is 9.95. The molecular weight excluding hydrogens is 234 g/mol. The third-order valence-electron chi connectivity index (χ3n) is 4.01. The van der Waals surface area contributed by atoms with Gasteiger partial charge in [0.2, 0.25) is 0 Å². The number of aromatic nitrogens is 1. The van der Waals surface area contributed by atoms with Crippen LogP contribution in [0.25, 0.3) is 0 Å². The van der Waals surface area contributed by atoms with Gasteiger partial charge in [0.1, 0.15) is 0 Å². The van der Waals surface area contributed by atoms with Gasteiger partial charge >= 0.3 is 0 Å². The first-order valence-corrected chi connectivity index (χ1v) is 7.66. The van der Waals surface area contributed by atoms with E-state index < -0.39 is 0 Å². The van der Waals surface area contributed by atoms with E-state index in [0.29, 0.717) is 0 Å². The van der Waals surface area contributed by atoms with E-state index in [4.69, 9.17) is 0 Å². The lowest BCUT2D eigenvalue weighted by Gasteiger charge is -2.24. The van der Waals surface area contributed by atoms with E-state index in [1.54, 1.807) is 0 Å². The van der Waals surface area contributed by atoms with Crippen molar-refractivity contribution in [2.75, 3.05) is 26.7 Å². The van der Waals surface area contributed by atoms with Gasteiger partial charge in [-0.05, 0) is 32.0 Å². The largest absolute Gasteiger partial charge is 0.313 e. The van der Waals surface area contributed by atoms with Gasteiger partial charge in [-0.25, -0.2) is 0 Å². The molecule has 1 heterocycles. The summed E-state index contributed by atoms with van der Waals surface area (Å²) in [6, 6.07) is 6.92. The van der Waals surface area contributed by atoms with E-state index in [1.165, 1.54) is 37.8 Å². The lowest BCUT2D eigenvalue weighted by molar-refractivity contribution is 0.308. The molecule has 1 saturated carbocycles. The fraction of sp³-hybridized carbons (Fsp3) is 0.688. The SMILES string of the molecule is CN(CCNC1CCCCC1)CCc1ccccn1. The monoisotopic (exact) mass is 261 g/mol. The number of pyridine rings is 1. The van der Waals surface area contributed by atoms with Crippen LogP contribution in [0.3, 0.4) is 0 Å². The maximum Gasteiger partial charge on any atom is 0.0416 e. The van der Waals surface area contributed by atoms with E-state index in [9.17, 15) is 0 Å².